The van der Waals surface area contributed by atoms with Crippen molar-refractivity contribution >= 4 is 11.8 Å². The van der Waals surface area contributed by atoms with Crippen LogP contribution in [0.1, 0.15) is 18.4 Å². The summed E-state index contributed by atoms with van der Waals surface area (Å²) >= 11 is 0. The zero-order valence-corrected chi connectivity index (χ0v) is 10.8. The lowest BCUT2D eigenvalue weighted by Crippen LogP contribution is -2.28. The predicted molar refractivity (Wildman–Crippen MR) is 72.3 cm³/mol. The van der Waals surface area contributed by atoms with Crippen LogP contribution in [0.5, 0.6) is 0 Å². The molecule has 5 heteroatoms. The zero-order valence-electron chi connectivity index (χ0n) is 10.8. The number of carbonyl (C=O) groups excluding carboxylic acids is 2. The van der Waals surface area contributed by atoms with E-state index in [1.165, 1.54) is 4.90 Å². The highest BCUT2D eigenvalue weighted by Gasteiger charge is 2.28. The summed E-state index contributed by atoms with van der Waals surface area (Å²) < 4.78 is 0. The number of nitrogens with zero attached hydrogens (tertiary/aromatic N) is 3. The van der Waals surface area contributed by atoms with Crippen LogP contribution in [0, 0.1) is 0 Å². The van der Waals surface area contributed by atoms with Gasteiger partial charge in [0.05, 0.1) is 17.9 Å². The monoisotopic (exact) mass is 267 g/mol. The van der Waals surface area contributed by atoms with Gasteiger partial charge >= 0.3 is 0 Å². The van der Waals surface area contributed by atoms with Crippen molar-refractivity contribution in [3.63, 3.8) is 0 Å². The van der Waals surface area contributed by atoms with Gasteiger partial charge in [-0.3, -0.25) is 24.5 Å². The van der Waals surface area contributed by atoms with Crippen molar-refractivity contribution in [2.24, 2.45) is 0 Å². The molecule has 5 nitrogen and oxygen atoms in total. The second-order valence-corrected chi connectivity index (χ2v) is 4.64. The van der Waals surface area contributed by atoms with E-state index in [-0.39, 0.29) is 11.8 Å². The molecule has 100 valence electrons. The van der Waals surface area contributed by atoms with E-state index < -0.39 is 0 Å². The van der Waals surface area contributed by atoms with Crippen molar-refractivity contribution in [2.45, 2.75) is 19.4 Å². The molecule has 2 amide bonds. The molecule has 3 rings (SSSR count). The van der Waals surface area contributed by atoms with Crippen molar-refractivity contribution in [1.82, 2.24) is 14.9 Å². The van der Waals surface area contributed by atoms with Crippen LogP contribution in [0.25, 0.3) is 11.4 Å². The molecule has 0 saturated carbocycles. The van der Waals surface area contributed by atoms with Crippen LogP contribution in [0.4, 0.5) is 0 Å². The largest absolute Gasteiger partial charge is 0.278 e. The van der Waals surface area contributed by atoms with Crippen molar-refractivity contribution in [2.75, 3.05) is 0 Å². The summed E-state index contributed by atoms with van der Waals surface area (Å²) in [5.41, 5.74) is 2.41. The molecule has 0 atom stereocenters. The van der Waals surface area contributed by atoms with Gasteiger partial charge in [0.2, 0.25) is 11.8 Å². The Labute approximate surface area is 116 Å². The number of pyridine rings is 2. The van der Waals surface area contributed by atoms with E-state index in [4.69, 9.17) is 0 Å². The Morgan fingerprint density at radius 1 is 0.950 bits per heavy atom. The first kappa shape index (κ1) is 12.5. The number of aromatic nitrogens is 2. The first-order valence-electron chi connectivity index (χ1n) is 6.43. The van der Waals surface area contributed by atoms with Crippen LogP contribution in [-0.4, -0.2) is 26.7 Å². The molecule has 0 radical (unpaired) electrons. The Balaban J connectivity index is 1.77. The minimum atomic E-state index is -0.108. The number of amides is 2. The number of hydrogen-bond donors (Lipinski definition) is 0. The Morgan fingerprint density at radius 3 is 2.30 bits per heavy atom. The van der Waals surface area contributed by atoms with Crippen LogP contribution < -0.4 is 0 Å². The number of imide groups is 1. The summed E-state index contributed by atoms with van der Waals surface area (Å²) in [7, 11) is 0. The maximum Gasteiger partial charge on any atom is 0.229 e. The zero-order chi connectivity index (χ0) is 13.9. The summed E-state index contributed by atoms with van der Waals surface area (Å²) in [5.74, 6) is -0.215. The maximum absolute atomic E-state index is 11.6. The lowest BCUT2D eigenvalue weighted by atomic mass is 10.2. The Bertz CT molecular complexity index is 622. The Kier molecular flexibility index (Phi) is 3.25. The molecule has 20 heavy (non-hydrogen) atoms. The fraction of sp³-hybridized carbons (Fsp3) is 0.200. The first-order chi connectivity index (χ1) is 9.74. The topological polar surface area (TPSA) is 63.2 Å². The van der Waals surface area contributed by atoms with Gasteiger partial charge in [-0.15, -0.1) is 0 Å². The highest BCUT2D eigenvalue weighted by molar-refractivity contribution is 6.01. The number of rotatable bonds is 3. The van der Waals surface area contributed by atoms with E-state index in [0.717, 1.165) is 17.0 Å². The van der Waals surface area contributed by atoms with Gasteiger partial charge in [-0.25, -0.2) is 0 Å². The molecule has 1 aliphatic rings. The Hall–Kier alpha value is -2.56. The van der Waals surface area contributed by atoms with Gasteiger partial charge in [0.25, 0.3) is 0 Å². The molecule has 1 fully saturated rings. The van der Waals surface area contributed by atoms with Crippen LogP contribution >= 0.6 is 0 Å². The molecule has 0 aromatic carbocycles. The second kappa shape index (κ2) is 5.21. The smallest absolute Gasteiger partial charge is 0.229 e. The summed E-state index contributed by atoms with van der Waals surface area (Å²) in [4.78, 5) is 32.9. The standard InChI is InChI=1S/C15H13N3O2/c19-14-6-7-15(20)18(14)10-11-4-5-13(17-9-11)12-3-1-2-8-16-12/h1-5,8-9H,6-7,10H2. The predicted octanol–water partition coefficient (Wildman–Crippen LogP) is 1.79. The summed E-state index contributed by atoms with van der Waals surface area (Å²) in [6, 6.07) is 9.36. The SMILES string of the molecule is O=C1CCC(=O)N1Cc1ccc(-c2ccccn2)nc1. The van der Waals surface area contributed by atoms with Crippen molar-refractivity contribution < 1.29 is 9.59 Å². The van der Waals surface area contributed by atoms with Crippen molar-refractivity contribution in [3.8, 4) is 11.4 Å². The minimum Gasteiger partial charge on any atom is -0.278 e. The highest BCUT2D eigenvalue weighted by Crippen LogP contribution is 2.17. The molecule has 0 spiro atoms. The van der Waals surface area contributed by atoms with E-state index in [9.17, 15) is 9.59 Å². The molecule has 2 aromatic rings. The molecule has 1 saturated heterocycles. The fourth-order valence-electron chi connectivity index (χ4n) is 2.17. The third-order valence-electron chi connectivity index (χ3n) is 3.25. The lowest BCUT2D eigenvalue weighted by molar-refractivity contribution is -0.139. The highest BCUT2D eigenvalue weighted by atomic mass is 16.2. The molecule has 0 N–H and O–H groups in total. The molecule has 0 bridgehead atoms. The molecular formula is C15H13N3O2. The first-order valence-corrected chi connectivity index (χ1v) is 6.43. The van der Waals surface area contributed by atoms with Gasteiger partial charge in [-0.1, -0.05) is 12.1 Å². The van der Waals surface area contributed by atoms with E-state index in [0.29, 0.717) is 19.4 Å². The number of hydrogen-bond acceptors (Lipinski definition) is 4. The normalized spacial score (nSPS) is 14.9. The number of likely N-dealkylation sites (tertiary alicyclic amines) is 1. The third-order valence-corrected chi connectivity index (χ3v) is 3.25. The molecule has 3 heterocycles. The molecule has 1 aliphatic heterocycles. The summed E-state index contributed by atoms with van der Waals surface area (Å²) in [6.07, 6.45) is 4.03. The van der Waals surface area contributed by atoms with E-state index in [1.807, 2.05) is 30.3 Å². The van der Waals surface area contributed by atoms with Crippen LogP contribution in [0.15, 0.2) is 42.7 Å². The van der Waals surface area contributed by atoms with Crippen LogP contribution in [0.3, 0.4) is 0 Å². The maximum atomic E-state index is 11.6. The van der Waals surface area contributed by atoms with Gasteiger partial charge < -0.3 is 0 Å². The van der Waals surface area contributed by atoms with Gasteiger partial charge in [0.1, 0.15) is 0 Å². The van der Waals surface area contributed by atoms with E-state index in [2.05, 4.69) is 9.97 Å². The van der Waals surface area contributed by atoms with Gasteiger partial charge in [-0.05, 0) is 23.8 Å². The third kappa shape index (κ3) is 2.42. The van der Waals surface area contributed by atoms with Crippen LogP contribution in [0.2, 0.25) is 0 Å². The van der Waals surface area contributed by atoms with E-state index in [1.54, 1.807) is 12.4 Å². The average Bonchev–Trinajstić information content (AvgIpc) is 2.81. The minimum absolute atomic E-state index is 0.108. The van der Waals surface area contributed by atoms with Gasteiger partial charge in [0.15, 0.2) is 0 Å². The van der Waals surface area contributed by atoms with Crippen molar-refractivity contribution in [3.05, 3.63) is 48.3 Å². The van der Waals surface area contributed by atoms with Gasteiger partial charge in [0, 0.05) is 25.2 Å². The fourth-order valence-corrected chi connectivity index (χ4v) is 2.17. The molecule has 2 aromatic heterocycles. The quantitative estimate of drug-likeness (QED) is 0.795. The van der Waals surface area contributed by atoms with E-state index >= 15 is 0 Å². The van der Waals surface area contributed by atoms with Crippen LogP contribution in [-0.2, 0) is 16.1 Å². The number of carbonyl (C=O) groups is 2. The molecular weight excluding hydrogens is 254 g/mol. The summed E-state index contributed by atoms with van der Waals surface area (Å²) in [5, 5.41) is 0. The summed E-state index contributed by atoms with van der Waals surface area (Å²) in [6.45, 7) is 0.299. The second-order valence-electron chi connectivity index (χ2n) is 4.64. The average molecular weight is 267 g/mol. The van der Waals surface area contributed by atoms with Crippen molar-refractivity contribution in [1.29, 1.82) is 0 Å². The lowest BCUT2D eigenvalue weighted by Gasteiger charge is -2.13. The Morgan fingerprint density at radius 2 is 1.70 bits per heavy atom. The molecule has 0 unspecified atom stereocenters. The van der Waals surface area contributed by atoms with Gasteiger partial charge in [-0.2, -0.15) is 0 Å². The molecule has 0 aliphatic carbocycles.